The fraction of sp³-hybridized carbons (Fsp3) is 0.292. The molecule has 0 saturated heterocycles. The summed E-state index contributed by atoms with van der Waals surface area (Å²) in [7, 11) is 2.08. The summed E-state index contributed by atoms with van der Waals surface area (Å²) in [6.45, 7) is 8.29. The van der Waals surface area contributed by atoms with Crippen LogP contribution in [0.15, 0.2) is 48.7 Å². The van der Waals surface area contributed by atoms with Gasteiger partial charge in [-0.05, 0) is 65.6 Å². The van der Waals surface area contributed by atoms with Crippen molar-refractivity contribution in [3.8, 4) is 22.4 Å². The summed E-state index contributed by atoms with van der Waals surface area (Å²) >= 11 is 0. The summed E-state index contributed by atoms with van der Waals surface area (Å²) in [6.07, 6.45) is 3.10. The van der Waals surface area contributed by atoms with Crippen LogP contribution in [0.4, 0.5) is 0 Å². The maximum atomic E-state index is 8.39. The molecule has 0 bridgehead atoms. The molecule has 0 unspecified atom stereocenters. The van der Waals surface area contributed by atoms with Crippen molar-refractivity contribution in [2.24, 2.45) is 7.05 Å². The van der Waals surface area contributed by atoms with Gasteiger partial charge in [0.05, 0.1) is 0 Å². The lowest BCUT2D eigenvalue weighted by molar-refractivity contribution is -0.660. The Hall–Kier alpha value is -2.41. The molecular formula is C24H26N+. The Balaban J connectivity index is 1.92. The standard InChI is InChI=1S/C24H26N/c1-15(2)18-10-11-25(5)23(14-18)21-9-7-19-13-20-12-16(3)6-8-22(20)24(19)17(21)4/h6-12,14-15H,13H2,1-5H3/q+1/i15D. The van der Waals surface area contributed by atoms with Crippen molar-refractivity contribution >= 4 is 0 Å². The highest BCUT2D eigenvalue weighted by atomic mass is 14.9. The zero-order valence-electron chi connectivity index (χ0n) is 16.8. The predicted octanol–water partition coefficient (Wildman–Crippen LogP) is 5.49. The summed E-state index contributed by atoms with van der Waals surface area (Å²) in [5.41, 5.74) is 11.8. The average Bonchev–Trinajstić information content (AvgIpc) is 2.93. The number of benzene rings is 2. The molecule has 3 aromatic rings. The molecule has 1 aromatic heterocycles. The Morgan fingerprint density at radius 1 is 0.960 bits per heavy atom. The maximum Gasteiger partial charge on any atom is 0.212 e. The lowest BCUT2D eigenvalue weighted by Gasteiger charge is -2.12. The molecule has 1 aliphatic rings. The van der Waals surface area contributed by atoms with Gasteiger partial charge in [0.1, 0.15) is 7.05 Å². The van der Waals surface area contributed by atoms with E-state index >= 15 is 0 Å². The summed E-state index contributed by atoms with van der Waals surface area (Å²) in [5.74, 6) is -0.599. The number of hydrogen-bond donors (Lipinski definition) is 0. The van der Waals surface area contributed by atoms with E-state index in [0.717, 1.165) is 12.0 Å². The highest BCUT2D eigenvalue weighted by Gasteiger charge is 2.24. The molecule has 0 atom stereocenters. The van der Waals surface area contributed by atoms with Crippen LogP contribution in [0.5, 0.6) is 0 Å². The van der Waals surface area contributed by atoms with Crippen molar-refractivity contribution < 1.29 is 5.94 Å². The minimum Gasteiger partial charge on any atom is -0.201 e. The van der Waals surface area contributed by atoms with E-state index in [9.17, 15) is 0 Å². The quantitative estimate of drug-likeness (QED) is 0.428. The summed E-state index contributed by atoms with van der Waals surface area (Å²) in [5, 5.41) is 0. The van der Waals surface area contributed by atoms with Crippen LogP contribution in [-0.2, 0) is 13.5 Å². The smallest absolute Gasteiger partial charge is 0.201 e. The van der Waals surface area contributed by atoms with Gasteiger partial charge in [-0.3, -0.25) is 0 Å². The second kappa shape index (κ2) is 5.84. The normalized spacial score (nSPS) is 13.4. The van der Waals surface area contributed by atoms with Crippen molar-refractivity contribution in [3.05, 3.63) is 76.5 Å². The molecule has 0 spiro atoms. The third-order valence-corrected chi connectivity index (χ3v) is 5.47. The Bertz CT molecular complexity index is 1030. The van der Waals surface area contributed by atoms with Crippen LogP contribution in [0.2, 0.25) is 0 Å². The second-order valence-electron chi connectivity index (χ2n) is 7.52. The third kappa shape index (κ3) is 2.59. The minimum absolute atomic E-state index is 0.599. The largest absolute Gasteiger partial charge is 0.212 e. The Morgan fingerprint density at radius 3 is 2.48 bits per heavy atom. The van der Waals surface area contributed by atoms with Gasteiger partial charge in [-0.25, -0.2) is 4.57 Å². The van der Waals surface area contributed by atoms with Gasteiger partial charge in [0.2, 0.25) is 5.69 Å². The number of aromatic nitrogens is 1. The molecule has 0 N–H and O–H groups in total. The molecule has 126 valence electrons. The molecule has 0 saturated carbocycles. The molecule has 1 aliphatic carbocycles. The van der Waals surface area contributed by atoms with Crippen LogP contribution >= 0.6 is 0 Å². The van der Waals surface area contributed by atoms with Crippen LogP contribution in [0.3, 0.4) is 0 Å². The molecule has 25 heavy (non-hydrogen) atoms. The van der Waals surface area contributed by atoms with Gasteiger partial charge in [-0.2, -0.15) is 0 Å². The van der Waals surface area contributed by atoms with Gasteiger partial charge in [-0.1, -0.05) is 43.7 Å². The van der Waals surface area contributed by atoms with E-state index in [1.165, 1.54) is 44.6 Å². The van der Waals surface area contributed by atoms with Crippen molar-refractivity contribution in [3.63, 3.8) is 0 Å². The Labute approximate surface area is 152 Å². The van der Waals surface area contributed by atoms with E-state index in [4.69, 9.17) is 1.37 Å². The Kier molecular flexibility index (Phi) is 3.48. The van der Waals surface area contributed by atoms with E-state index < -0.39 is 5.89 Å². The van der Waals surface area contributed by atoms with Crippen LogP contribution in [0.1, 0.15) is 48.9 Å². The predicted molar refractivity (Wildman–Crippen MR) is 105 cm³/mol. The van der Waals surface area contributed by atoms with Crippen LogP contribution < -0.4 is 4.57 Å². The number of aryl methyl sites for hydroxylation is 2. The first-order valence-electron chi connectivity index (χ1n) is 9.48. The molecule has 0 radical (unpaired) electrons. The molecule has 4 rings (SSSR count). The van der Waals surface area contributed by atoms with Gasteiger partial charge in [0, 0.05) is 19.1 Å². The van der Waals surface area contributed by atoms with E-state index in [2.05, 4.69) is 74.1 Å². The minimum atomic E-state index is -0.599. The van der Waals surface area contributed by atoms with Crippen molar-refractivity contribution in [1.82, 2.24) is 0 Å². The lowest BCUT2D eigenvalue weighted by atomic mass is 9.92. The summed E-state index contributed by atoms with van der Waals surface area (Å²) in [6, 6.07) is 15.6. The average molecular weight is 329 g/mol. The van der Waals surface area contributed by atoms with Crippen LogP contribution in [-0.4, -0.2) is 0 Å². The number of fused-ring (bicyclic) bond motifs is 3. The second-order valence-corrected chi connectivity index (χ2v) is 7.52. The SMILES string of the molecule is [2H]C(C)(C)c1cc[n+](C)c(-c2ccc3c(c2C)-c2ccc(C)cc2C3)c1. The van der Waals surface area contributed by atoms with E-state index in [1.807, 2.05) is 13.8 Å². The molecule has 0 aliphatic heterocycles. The zero-order chi connectivity index (χ0) is 18.6. The highest BCUT2D eigenvalue weighted by molar-refractivity contribution is 5.84. The monoisotopic (exact) mass is 329 g/mol. The van der Waals surface area contributed by atoms with Gasteiger partial charge in [0.15, 0.2) is 6.20 Å². The van der Waals surface area contributed by atoms with E-state index in [0.29, 0.717) is 0 Å². The van der Waals surface area contributed by atoms with Gasteiger partial charge < -0.3 is 0 Å². The van der Waals surface area contributed by atoms with Crippen molar-refractivity contribution in [2.75, 3.05) is 0 Å². The van der Waals surface area contributed by atoms with Crippen molar-refractivity contribution in [2.45, 2.75) is 40.0 Å². The first-order chi connectivity index (χ1) is 12.3. The molecule has 0 amide bonds. The topological polar surface area (TPSA) is 3.88 Å². The van der Waals surface area contributed by atoms with E-state index in [-0.39, 0.29) is 0 Å². The number of rotatable bonds is 2. The number of pyridine rings is 1. The number of hydrogen-bond acceptors (Lipinski definition) is 0. The molecule has 0 fully saturated rings. The van der Waals surface area contributed by atoms with Gasteiger partial charge >= 0.3 is 0 Å². The Morgan fingerprint density at radius 2 is 1.72 bits per heavy atom. The molecule has 1 heteroatoms. The summed E-state index contributed by atoms with van der Waals surface area (Å²) in [4.78, 5) is 0. The highest BCUT2D eigenvalue weighted by Crippen LogP contribution is 2.42. The molecule has 1 nitrogen and oxygen atoms in total. The maximum absolute atomic E-state index is 8.39. The van der Waals surface area contributed by atoms with Gasteiger partial charge in [-0.15, -0.1) is 0 Å². The van der Waals surface area contributed by atoms with E-state index in [1.54, 1.807) is 0 Å². The fourth-order valence-corrected chi connectivity index (χ4v) is 4.03. The van der Waals surface area contributed by atoms with Crippen LogP contribution in [0, 0.1) is 13.8 Å². The molecule has 1 heterocycles. The third-order valence-electron chi connectivity index (χ3n) is 5.47. The first-order valence-corrected chi connectivity index (χ1v) is 8.98. The number of nitrogens with zero attached hydrogens (tertiary/aromatic N) is 1. The fourth-order valence-electron chi connectivity index (χ4n) is 4.03. The van der Waals surface area contributed by atoms with Gasteiger partial charge in [0.25, 0.3) is 0 Å². The molecular weight excluding hydrogens is 302 g/mol. The summed E-state index contributed by atoms with van der Waals surface area (Å²) < 4.78 is 10.5. The van der Waals surface area contributed by atoms with Crippen LogP contribution in [0.25, 0.3) is 22.4 Å². The lowest BCUT2D eigenvalue weighted by Crippen LogP contribution is -2.31. The van der Waals surface area contributed by atoms with Crippen molar-refractivity contribution in [1.29, 1.82) is 0 Å². The molecule has 2 aromatic carbocycles. The zero-order valence-corrected chi connectivity index (χ0v) is 15.8. The first kappa shape index (κ1) is 14.9.